The zero-order chi connectivity index (χ0) is 7.40. The standard InChI is InChI=1S/C8H15NO/c1-9-6-8(10)7-4-2-3-5-7/h2-3,7-10H,4-6H2,1H3. The summed E-state index contributed by atoms with van der Waals surface area (Å²) in [6.07, 6.45) is 6.21. The van der Waals surface area contributed by atoms with Gasteiger partial charge in [-0.2, -0.15) is 0 Å². The highest BCUT2D eigenvalue weighted by Crippen LogP contribution is 2.20. The summed E-state index contributed by atoms with van der Waals surface area (Å²) < 4.78 is 0. The number of aliphatic hydroxyl groups excluding tert-OH is 1. The Bertz CT molecular complexity index is 114. The lowest BCUT2D eigenvalue weighted by Crippen LogP contribution is -2.29. The number of allylic oxidation sites excluding steroid dienone is 2. The number of rotatable bonds is 3. The molecule has 2 heteroatoms. The molecular formula is C8H15NO. The van der Waals surface area contributed by atoms with Crippen molar-refractivity contribution in [2.75, 3.05) is 13.6 Å². The minimum atomic E-state index is -0.167. The van der Waals surface area contributed by atoms with E-state index in [1.165, 1.54) is 0 Å². The Morgan fingerprint density at radius 3 is 2.70 bits per heavy atom. The molecule has 10 heavy (non-hydrogen) atoms. The molecule has 0 spiro atoms. The first-order chi connectivity index (χ1) is 4.84. The number of likely N-dealkylation sites (N-methyl/N-ethyl adjacent to an activating group) is 1. The maximum absolute atomic E-state index is 9.45. The van der Waals surface area contributed by atoms with Crippen LogP contribution in [0.15, 0.2) is 12.2 Å². The molecule has 0 aromatic rings. The Morgan fingerprint density at radius 1 is 1.60 bits per heavy atom. The van der Waals surface area contributed by atoms with Gasteiger partial charge >= 0.3 is 0 Å². The van der Waals surface area contributed by atoms with Gasteiger partial charge in [-0.15, -0.1) is 0 Å². The van der Waals surface area contributed by atoms with E-state index in [1.807, 2.05) is 7.05 Å². The molecule has 0 saturated carbocycles. The second-order valence-corrected chi connectivity index (χ2v) is 2.83. The summed E-state index contributed by atoms with van der Waals surface area (Å²) in [6, 6.07) is 0. The van der Waals surface area contributed by atoms with Crippen LogP contribution in [-0.2, 0) is 0 Å². The number of hydrogen-bond acceptors (Lipinski definition) is 2. The summed E-state index contributed by atoms with van der Waals surface area (Å²) in [5.41, 5.74) is 0. The smallest absolute Gasteiger partial charge is 0.0698 e. The molecule has 0 aromatic carbocycles. The van der Waals surface area contributed by atoms with Crippen molar-refractivity contribution < 1.29 is 5.11 Å². The summed E-state index contributed by atoms with van der Waals surface area (Å²) in [4.78, 5) is 0. The van der Waals surface area contributed by atoms with Crippen LogP contribution in [0.25, 0.3) is 0 Å². The largest absolute Gasteiger partial charge is 0.391 e. The maximum atomic E-state index is 9.45. The third kappa shape index (κ3) is 1.82. The first-order valence-electron chi connectivity index (χ1n) is 3.82. The molecule has 1 aliphatic carbocycles. The Morgan fingerprint density at radius 2 is 2.20 bits per heavy atom. The Balaban J connectivity index is 2.21. The van der Waals surface area contributed by atoms with Gasteiger partial charge in [0, 0.05) is 6.54 Å². The third-order valence-corrected chi connectivity index (χ3v) is 2.00. The van der Waals surface area contributed by atoms with Gasteiger partial charge in [-0.05, 0) is 25.8 Å². The molecule has 1 unspecified atom stereocenters. The fourth-order valence-corrected chi connectivity index (χ4v) is 1.33. The van der Waals surface area contributed by atoms with Crippen LogP contribution in [0, 0.1) is 5.92 Å². The third-order valence-electron chi connectivity index (χ3n) is 2.00. The van der Waals surface area contributed by atoms with Crippen LogP contribution in [0.5, 0.6) is 0 Å². The predicted molar refractivity (Wildman–Crippen MR) is 41.8 cm³/mol. The van der Waals surface area contributed by atoms with Gasteiger partial charge in [0.25, 0.3) is 0 Å². The van der Waals surface area contributed by atoms with Gasteiger partial charge in [-0.1, -0.05) is 12.2 Å². The monoisotopic (exact) mass is 141 g/mol. The van der Waals surface area contributed by atoms with Crippen molar-refractivity contribution >= 4 is 0 Å². The quantitative estimate of drug-likeness (QED) is 0.562. The average Bonchev–Trinajstić information content (AvgIpc) is 2.38. The lowest BCUT2D eigenvalue weighted by atomic mass is 10.0. The van der Waals surface area contributed by atoms with Crippen molar-refractivity contribution in [1.82, 2.24) is 5.32 Å². The van der Waals surface area contributed by atoms with Crippen LogP contribution in [0.3, 0.4) is 0 Å². The molecule has 0 aromatic heterocycles. The summed E-state index contributed by atoms with van der Waals surface area (Å²) in [7, 11) is 1.87. The Kier molecular flexibility index (Phi) is 2.90. The van der Waals surface area contributed by atoms with Crippen molar-refractivity contribution in [3.05, 3.63) is 12.2 Å². The molecule has 0 fully saturated rings. The minimum absolute atomic E-state index is 0.167. The zero-order valence-corrected chi connectivity index (χ0v) is 6.38. The van der Waals surface area contributed by atoms with Crippen molar-refractivity contribution in [2.24, 2.45) is 5.92 Å². The maximum Gasteiger partial charge on any atom is 0.0698 e. The van der Waals surface area contributed by atoms with Crippen molar-refractivity contribution in [2.45, 2.75) is 18.9 Å². The van der Waals surface area contributed by atoms with Gasteiger partial charge in [-0.3, -0.25) is 0 Å². The molecular weight excluding hydrogens is 126 g/mol. The predicted octanol–water partition coefficient (Wildman–Crippen LogP) is 0.533. The summed E-state index contributed by atoms with van der Waals surface area (Å²) in [5, 5.41) is 12.4. The molecule has 0 bridgehead atoms. The highest BCUT2D eigenvalue weighted by atomic mass is 16.3. The summed E-state index contributed by atoms with van der Waals surface area (Å²) in [6.45, 7) is 0.715. The van der Waals surface area contributed by atoms with Gasteiger partial charge in [0.15, 0.2) is 0 Å². The number of hydrogen-bond donors (Lipinski definition) is 2. The molecule has 1 aliphatic rings. The second kappa shape index (κ2) is 3.74. The molecule has 0 saturated heterocycles. The molecule has 0 aliphatic heterocycles. The van der Waals surface area contributed by atoms with E-state index in [2.05, 4.69) is 17.5 Å². The van der Waals surface area contributed by atoms with Crippen LogP contribution in [0.2, 0.25) is 0 Å². The van der Waals surface area contributed by atoms with E-state index in [-0.39, 0.29) is 6.10 Å². The fourth-order valence-electron chi connectivity index (χ4n) is 1.33. The number of aliphatic hydroxyl groups is 1. The van der Waals surface area contributed by atoms with Gasteiger partial charge in [-0.25, -0.2) is 0 Å². The van der Waals surface area contributed by atoms with Crippen molar-refractivity contribution in [3.8, 4) is 0 Å². The van der Waals surface area contributed by atoms with Gasteiger partial charge in [0.1, 0.15) is 0 Å². The van der Waals surface area contributed by atoms with Crippen LogP contribution in [0.1, 0.15) is 12.8 Å². The molecule has 58 valence electrons. The molecule has 2 nitrogen and oxygen atoms in total. The first-order valence-corrected chi connectivity index (χ1v) is 3.82. The second-order valence-electron chi connectivity index (χ2n) is 2.83. The molecule has 0 amide bonds. The van der Waals surface area contributed by atoms with Gasteiger partial charge in [0.2, 0.25) is 0 Å². The van der Waals surface area contributed by atoms with E-state index in [1.54, 1.807) is 0 Å². The minimum Gasteiger partial charge on any atom is -0.391 e. The Labute approximate surface area is 61.9 Å². The molecule has 2 N–H and O–H groups in total. The van der Waals surface area contributed by atoms with E-state index in [4.69, 9.17) is 0 Å². The normalized spacial score (nSPS) is 21.8. The van der Waals surface area contributed by atoms with Crippen LogP contribution in [0.4, 0.5) is 0 Å². The highest BCUT2D eigenvalue weighted by molar-refractivity contribution is 4.96. The van der Waals surface area contributed by atoms with E-state index in [9.17, 15) is 5.11 Å². The van der Waals surface area contributed by atoms with E-state index >= 15 is 0 Å². The van der Waals surface area contributed by atoms with Crippen LogP contribution in [-0.4, -0.2) is 24.8 Å². The van der Waals surface area contributed by atoms with E-state index < -0.39 is 0 Å². The van der Waals surface area contributed by atoms with E-state index in [0.717, 1.165) is 12.8 Å². The van der Waals surface area contributed by atoms with E-state index in [0.29, 0.717) is 12.5 Å². The average molecular weight is 141 g/mol. The molecule has 1 atom stereocenters. The summed E-state index contributed by atoms with van der Waals surface area (Å²) >= 11 is 0. The lowest BCUT2D eigenvalue weighted by molar-refractivity contribution is 0.114. The van der Waals surface area contributed by atoms with Gasteiger partial charge < -0.3 is 10.4 Å². The topological polar surface area (TPSA) is 32.3 Å². The molecule has 1 rings (SSSR count). The first kappa shape index (κ1) is 7.76. The van der Waals surface area contributed by atoms with Crippen molar-refractivity contribution in [1.29, 1.82) is 0 Å². The Hall–Kier alpha value is -0.340. The van der Waals surface area contributed by atoms with Gasteiger partial charge in [0.05, 0.1) is 6.10 Å². The number of nitrogens with one attached hydrogen (secondary N) is 1. The SMILES string of the molecule is CNCC(O)C1CC=CC1. The van der Waals surface area contributed by atoms with Crippen molar-refractivity contribution in [3.63, 3.8) is 0 Å². The highest BCUT2D eigenvalue weighted by Gasteiger charge is 2.18. The molecule has 0 radical (unpaired) electrons. The van der Waals surface area contributed by atoms with Crippen LogP contribution >= 0.6 is 0 Å². The zero-order valence-electron chi connectivity index (χ0n) is 6.38. The lowest BCUT2D eigenvalue weighted by Gasteiger charge is -2.16. The van der Waals surface area contributed by atoms with Crippen LogP contribution < -0.4 is 5.32 Å². The summed E-state index contributed by atoms with van der Waals surface area (Å²) in [5.74, 6) is 0.465. The fraction of sp³-hybridized carbons (Fsp3) is 0.750. The molecule has 0 heterocycles.